The van der Waals surface area contributed by atoms with Crippen LogP contribution in [0.15, 0.2) is 66.7 Å². The molecule has 0 radical (unpaired) electrons. The quantitative estimate of drug-likeness (QED) is 0.679. The Morgan fingerprint density at radius 1 is 1.00 bits per heavy atom. The van der Waals surface area contributed by atoms with Gasteiger partial charge in [-0.1, -0.05) is 49.0 Å². The van der Waals surface area contributed by atoms with Crippen molar-refractivity contribution in [3.63, 3.8) is 0 Å². The van der Waals surface area contributed by atoms with Gasteiger partial charge in [-0.3, -0.25) is 4.79 Å². The molecule has 0 aliphatic rings. The van der Waals surface area contributed by atoms with E-state index in [-0.39, 0.29) is 11.1 Å². The average molecular weight is 306 g/mol. The summed E-state index contributed by atoms with van der Waals surface area (Å²) in [5, 5.41) is 10.1. The van der Waals surface area contributed by atoms with Crippen molar-refractivity contribution in [2.75, 3.05) is 0 Å². The summed E-state index contributed by atoms with van der Waals surface area (Å²) in [6.45, 7) is 3.56. The Morgan fingerprint density at radius 2 is 1.55 bits per heavy atom. The second kappa shape index (κ2) is 6.15. The van der Waals surface area contributed by atoms with Crippen LogP contribution in [0, 0.1) is 0 Å². The maximum Gasteiger partial charge on any atom is 0.416 e. The molecule has 0 saturated carbocycles. The number of hydrogen-bond donors (Lipinski definition) is 1. The number of benzene rings is 2. The van der Waals surface area contributed by atoms with E-state index in [1.54, 1.807) is 30.3 Å². The Balaban J connectivity index is 2.19. The van der Waals surface area contributed by atoms with Gasteiger partial charge in [-0.2, -0.15) is 13.2 Å². The highest BCUT2D eigenvalue weighted by Gasteiger charge is 2.30. The zero-order valence-corrected chi connectivity index (χ0v) is 11.5. The van der Waals surface area contributed by atoms with Gasteiger partial charge in [0.2, 0.25) is 0 Å². The third-order valence-electron chi connectivity index (χ3n) is 3.21. The molecule has 0 aromatic heterocycles. The summed E-state index contributed by atoms with van der Waals surface area (Å²) >= 11 is 0. The molecule has 114 valence electrons. The third kappa shape index (κ3) is 3.43. The van der Waals surface area contributed by atoms with Gasteiger partial charge in [0.15, 0.2) is 5.78 Å². The molecule has 1 atom stereocenters. The Bertz CT molecular complexity index is 673. The normalized spacial score (nSPS) is 12.7. The fourth-order valence-electron chi connectivity index (χ4n) is 1.96. The molecular weight excluding hydrogens is 293 g/mol. The molecule has 0 spiro atoms. The minimum Gasteiger partial charge on any atom is -0.384 e. The Hall–Kier alpha value is -2.40. The Kier molecular flexibility index (Phi) is 4.47. The van der Waals surface area contributed by atoms with E-state index >= 15 is 0 Å². The summed E-state index contributed by atoms with van der Waals surface area (Å²) in [6, 6.07) is 12.2. The van der Waals surface area contributed by atoms with E-state index in [9.17, 15) is 23.1 Å². The van der Waals surface area contributed by atoms with Crippen molar-refractivity contribution >= 4 is 5.78 Å². The van der Waals surface area contributed by atoms with E-state index in [0.29, 0.717) is 5.56 Å². The number of Topliss-reactive ketones (excluding diaryl/α,β-unsaturated/α-hetero) is 1. The van der Waals surface area contributed by atoms with Crippen molar-refractivity contribution in [3.8, 4) is 0 Å². The molecule has 0 aliphatic carbocycles. The van der Waals surface area contributed by atoms with Gasteiger partial charge in [0.25, 0.3) is 0 Å². The molecule has 0 unspecified atom stereocenters. The van der Waals surface area contributed by atoms with Crippen LogP contribution in [0.4, 0.5) is 13.2 Å². The van der Waals surface area contributed by atoms with E-state index < -0.39 is 23.6 Å². The molecule has 0 heterocycles. The molecule has 2 rings (SSSR count). The van der Waals surface area contributed by atoms with Gasteiger partial charge in [-0.15, -0.1) is 0 Å². The fourth-order valence-corrected chi connectivity index (χ4v) is 1.96. The van der Waals surface area contributed by atoms with Gasteiger partial charge in [0, 0.05) is 11.1 Å². The van der Waals surface area contributed by atoms with Crippen LogP contribution in [-0.4, -0.2) is 10.9 Å². The first-order chi connectivity index (χ1) is 10.3. The molecule has 2 nitrogen and oxygen atoms in total. The lowest BCUT2D eigenvalue weighted by Crippen LogP contribution is -2.12. The van der Waals surface area contributed by atoms with Gasteiger partial charge >= 0.3 is 6.18 Å². The van der Waals surface area contributed by atoms with Crippen LogP contribution >= 0.6 is 0 Å². The molecule has 0 amide bonds. The van der Waals surface area contributed by atoms with Crippen molar-refractivity contribution in [1.82, 2.24) is 0 Å². The first kappa shape index (κ1) is 16.0. The third-order valence-corrected chi connectivity index (χ3v) is 3.21. The summed E-state index contributed by atoms with van der Waals surface area (Å²) in [7, 11) is 0. The van der Waals surface area contributed by atoms with E-state index in [1.807, 2.05) is 0 Å². The second-order valence-electron chi connectivity index (χ2n) is 4.74. The number of rotatable bonds is 4. The van der Waals surface area contributed by atoms with Crippen molar-refractivity contribution in [1.29, 1.82) is 0 Å². The molecule has 2 aromatic rings. The topological polar surface area (TPSA) is 37.3 Å². The fraction of sp³-hybridized carbons (Fsp3) is 0.118. The molecule has 2 aromatic carbocycles. The zero-order chi connectivity index (χ0) is 16.3. The molecule has 22 heavy (non-hydrogen) atoms. The predicted molar refractivity (Wildman–Crippen MR) is 76.3 cm³/mol. The number of carbonyl (C=O) groups excluding carboxylic acids is 1. The van der Waals surface area contributed by atoms with Crippen LogP contribution in [-0.2, 0) is 6.18 Å². The summed E-state index contributed by atoms with van der Waals surface area (Å²) in [5.41, 5.74) is -0.384. The van der Waals surface area contributed by atoms with Crippen molar-refractivity contribution in [2.24, 2.45) is 0 Å². The summed E-state index contributed by atoms with van der Waals surface area (Å²) in [4.78, 5) is 12.2. The highest BCUT2D eigenvalue weighted by molar-refractivity contribution is 6.09. The van der Waals surface area contributed by atoms with Crippen LogP contribution in [0.3, 0.4) is 0 Å². The number of aliphatic hydroxyl groups excluding tert-OH is 1. The van der Waals surface area contributed by atoms with Crippen molar-refractivity contribution < 1.29 is 23.1 Å². The van der Waals surface area contributed by atoms with Crippen LogP contribution in [0.25, 0.3) is 0 Å². The molecular formula is C17H13F3O2. The Morgan fingerprint density at radius 3 is 2.05 bits per heavy atom. The van der Waals surface area contributed by atoms with E-state index in [2.05, 4.69) is 6.58 Å². The minimum absolute atomic E-state index is 0.0491. The number of ketones is 1. The number of hydrogen-bond acceptors (Lipinski definition) is 2. The average Bonchev–Trinajstić information content (AvgIpc) is 2.53. The zero-order valence-electron chi connectivity index (χ0n) is 11.5. The summed E-state index contributed by atoms with van der Waals surface area (Å²) < 4.78 is 37.5. The predicted octanol–water partition coefficient (Wildman–Crippen LogP) is 4.18. The maximum atomic E-state index is 12.5. The first-order valence-corrected chi connectivity index (χ1v) is 6.44. The van der Waals surface area contributed by atoms with E-state index in [0.717, 1.165) is 24.3 Å². The van der Waals surface area contributed by atoms with Gasteiger partial charge < -0.3 is 5.11 Å². The lowest BCUT2D eigenvalue weighted by molar-refractivity contribution is -0.137. The molecule has 1 N–H and O–H groups in total. The molecule has 0 aliphatic heterocycles. The molecule has 0 fully saturated rings. The van der Waals surface area contributed by atoms with Crippen LogP contribution in [0.2, 0.25) is 0 Å². The standard InChI is InChI=1S/C17H13F3O2/c1-11(15(21)12-5-3-2-4-6-12)16(22)13-7-9-14(10-8-13)17(18,19)20/h2-10,15,21H,1H2/t15-/m1/s1. The maximum absolute atomic E-state index is 12.5. The van der Waals surface area contributed by atoms with Crippen LogP contribution in [0.5, 0.6) is 0 Å². The SMILES string of the molecule is C=C(C(=O)c1ccc(C(F)(F)F)cc1)[C@@H](O)c1ccccc1. The summed E-state index contributed by atoms with van der Waals surface area (Å²) in [5.74, 6) is -0.593. The van der Waals surface area contributed by atoms with Gasteiger partial charge in [0.1, 0.15) is 6.10 Å². The highest BCUT2D eigenvalue weighted by atomic mass is 19.4. The largest absolute Gasteiger partial charge is 0.416 e. The summed E-state index contributed by atoms with van der Waals surface area (Å²) in [6.07, 6.45) is -5.65. The number of aliphatic hydroxyl groups is 1. The lowest BCUT2D eigenvalue weighted by atomic mass is 9.95. The van der Waals surface area contributed by atoms with Gasteiger partial charge in [0.05, 0.1) is 5.56 Å². The molecule has 0 saturated heterocycles. The molecule has 5 heteroatoms. The minimum atomic E-state index is -4.46. The second-order valence-corrected chi connectivity index (χ2v) is 4.74. The number of halogens is 3. The number of carbonyl (C=O) groups is 1. The van der Waals surface area contributed by atoms with E-state index in [4.69, 9.17) is 0 Å². The van der Waals surface area contributed by atoms with Crippen molar-refractivity contribution in [2.45, 2.75) is 12.3 Å². The van der Waals surface area contributed by atoms with Gasteiger partial charge in [-0.05, 0) is 17.7 Å². The van der Waals surface area contributed by atoms with E-state index in [1.165, 1.54) is 0 Å². The smallest absolute Gasteiger partial charge is 0.384 e. The first-order valence-electron chi connectivity index (χ1n) is 6.44. The monoisotopic (exact) mass is 306 g/mol. The van der Waals surface area contributed by atoms with Crippen LogP contribution in [0.1, 0.15) is 27.6 Å². The lowest BCUT2D eigenvalue weighted by Gasteiger charge is -2.14. The van der Waals surface area contributed by atoms with Crippen molar-refractivity contribution in [3.05, 3.63) is 83.4 Å². The number of alkyl halides is 3. The highest BCUT2D eigenvalue weighted by Crippen LogP contribution is 2.30. The van der Waals surface area contributed by atoms with Crippen LogP contribution < -0.4 is 0 Å². The van der Waals surface area contributed by atoms with Gasteiger partial charge in [-0.25, -0.2) is 0 Å². The Labute approximate surface area is 125 Å². The molecule has 0 bridgehead atoms.